The van der Waals surface area contributed by atoms with Crippen LogP contribution in [0.4, 0.5) is 4.39 Å². The number of fused-ring (bicyclic) bond motifs is 1. The number of nitrogens with zero attached hydrogens (tertiary/aromatic N) is 3. The van der Waals surface area contributed by atoms with E-state index in [-0.39, 0.29) is 17.6 Å². The van der Waals surface area contributed by atoms with Crippen molar-refractivity contribution in [1.82, 2.24) is 19.9 Å². The van der Waals surface area contributed by atoms with Gasteiger partial charge in [-0.1, -0.05) is 12.1 Å². The molecule has 1 amide bonds. The maximum absolute atomic E-state index is 13.1. The Labute approximate surface area is 171 Å². The van der Waals surface area contributed by atoms with E-state index in [4.69, 9.17) is 4.98 Å². The quantitative estimate of drug-likeness (QED) is 0.529. The minimum Gasteiger partial charge on any atom is -0.342 e. The molecule has 146 valence electrons. The fraction of sp³-hybridized carbons (Fsp3) is 0.227. The number of rotatable bonds is 3. The van der Waals surface area contributed by atoms with E-state index in [2.05, 4.69) is 9.97 Å². The number of nitrogens with one attached hydrogen (secondary N) is 1. The number of H-pyrrole nitrogens is 1. The summed E-state index contributed by atoms with van der Waals surface area (Å²) in [5.41, 5.74) is 3.23. The Bertz CT molecular complexity index is 1130. The monoisotopic (exact) mass is 406 g/mol. The van der Waals surface area contributed by atoms with Crippen LogP contribution in [0.15, 0.2) is 53.9 Å². The second kappa shape index (κ2) is 7.40. The van der Waals surface area contributed by atoms with Gasteiger partial charge < -0.3 is 9.88 Å². The highest BCUT2D eigenvalue weighted by Crippen LogP contribution is 2.29. The van der Waals surface area contributed by atoms with Crippen molar-refractivity contribution in [1.29, 1.82) is 0 Å². The number of amides is 1. The van der Waals surface area contributed by atoms with Crippen molar-refractivity contribution in [2.45, 2.75) is 18.8 Å². The van der Waals surface area contributed by atoms with Gasteiger partial charge in [0.25, 0.3) is 5.91 Å². The molecule has 4 aromatic rings. The number of carbonyl (C=O) groups excluding carboxylic acids is 1. The van der Waals surface area contributed by atoms with Crippen LogP contribution in [0.3, 0.4) is 0 Å². The fourth-order valence-corrected chi connectivity index (χ4v) is 4.61. The predicted molar refractivity (Wildman–Crippen MR) is 111 cm³/mol. The number of imidazole rings is 1. The highest BCUT2D eigenvalue weighted by Gasteiger charge is 2.28. The van der Waals surface area contributed by atoms with Gasteiger partial charge in [0.05, 0.1) is 11.0 Å². The van der Waals surface area contributed by atoms with Gasteiger partial charge in [0.15, 0.2) is 0 Å². The average Bonchev–Trinajstić information content (AvgIpc) is 3.41. The van der Waals surface area contributed by atoms with E-state index in [9.17, 15) is 9.18 Å². The molecule has 0 saturated carbocycles. The largest absolute Gasteiger partial charge is 0.342 e. The summed E-state index contributed by atoms with van der Waals surface area (Å²) in [6, 6.07) is 14.1. The SMILES string of the molecule is O=C(c1csc(-c2ccc(F)cc2)n1)N1CCCC(c2nc3ccccc3[nH]2)C1. The Morgan fingerprint density at radius 3 is 2.79 bits per heavy atom. The predicted octanol–water partition coefficient (Wildman–Crippen LogP) is 4.85. The molecule has 1 atom stereocenters. The molecule has 1 saturated heterocycles. The molecular weight excluding hydrogens is 387 g/mol. The van der Waals surface area contributed by atoms with Gasteiger partial charge in [-0.2, -0.15) is 0 Å². The van der Waals surface area contributed by atoms with E-state index in [1.165, 1.54) is 23.5 Å². The van der Waals surface area contributed by atoms with Crippen LogP contribution in [0.2, 0.25) is 0 Å². The summed E-state index contributed by atoms with van der Waals surface area (Å²) in [6.45, 7) is 1.35. The smallest absolute Gasteiger partial charge is 0.273 e. The number of thiazole rings is 1. The zero-order valence-electron chi connectivity index (χ0n) is 15.6. The third-order valence-corrected chi connectivity index (χ3v) is 6.21. The normalized spacial score (nSPS) is 17.0. The van der Waals surface area contributed by atoms with Crippen molar-refractivity contribution >= 4 is 28.3 Å². The summed E-state index contributed by atoms with van der Waals surface area (Å²) in [7, 11) is 0. The third kappa shape index (κ3) is 3.53. The Balaban J connectivity index is 1.34. The number of aromatic amines is 1. The number of aromatic nitrogens is 3. The van der Waals surface area contributed by atoms with Gasteiger partial charge >= 0.3 is 0 Å². The molecule has 7 heteroatoms. The molecular formula is C22H19FN4OS. The summed E-state index contributed by atoms with van der Waals surface area (Å²) in [5.74, 6) is 0.784. The van der Waals surface area contributed by atoms with Crippen molar-refractivity contribution in [2.24, 2.45) is 0 Å². The fourth-order valence-electron chi connectivity index (χ4n) is 3.81. The summed E-state index contributed by atoms with van der Waals surface area (Å²) in [5, 5.41) is 2.51. The molecule has 5 rings (SSSR count). The van der Waals surface area contributed by atoms with Crippen LogP contribution < -0.4 is 0 Å². The van der Waals surface area contributed by atoms with Crippen LogP contribution in [-0.2, 0) is 0 Å². The van der Waals surface area contributed by atoms with Gasteiger partial charge in [-0.25, -0.2) is 14.4 Å². The number of hydrogen-bond donors (Lipinski definition) is 1. The maximum atomic E-state index is 13.1. The first kappa shape index (κ1) is 18.0. The standard InChI is InChI=1S/C22H19FN4OS/c23-16-9-7-14(8-10-16)21-26-19(13-29-21)22(28)27-11-3-4-15(12-27)20-24-17-5-1-2-6-18(17)25-20/h1-2,5-10,13,15H,3-4,11-12H2,(H,24,25). The zero-order valence-corrected chi connectivity index (χ0v) is 16.5. The van der Waals surface area contributed by atoms with Crippen molar-refractivity contribution in [3.63, 3.8) is 0 Å². The lowest BCUT2D eigenvalue weighted by Crippen LogP contribution is -2.39. The molecule has 1 unspecified atom stereocenters. The molecule has 2 aromatic heterocycles. The second-order valence-corrected chi connectivity index (χ2v) is 8.13. The molecule has 3 heterocycles. The van der Waals surface area contributed by atoms with Gasteiger partial charge in [-0.3, -0.25) is 4.79 Å². The minimum atomic E-state index is -0.286. The summed E-state index contributed by atoms with van der Waals surface area (Å²) in [4.78, 5) is 27.5. The summed E-state index contributed by atoms with van der Waals surface area (Å²) in [6.07, 6.45) is 1.93. The van der Waals surface area contributed by atoms with E-state index in [0.29, 0.717) is 12.2 Å². The van der Waals surface area contributed by atoms with Gasteiger partial charge in [0.1, 0.15) is 22.3 Å². The zero-order chi connectivity index (χ0) is 19.8. The van der Waals surface area contributed by atoms with E-state index in [0.717, 1.165) is 46.8 Å². The number of hydrogen-bond acceptors (Lipinski definition) is 4. The molecule has 1 aliphatic heterocycles. The summed E-state index contributed by atoms with van der Waals surface area (Å²) < 4.78 is 13.1. The lowest BCUT2D eigenvalue weighted by molar-refractivity contribution is 0.0700. The molecule has 0 bridgehead atoms. The van der Waals surface area contributed by atoms with Crippen LogP contribution in [0.5, 0.6) is 0 Å². The van der Waals surface area contributed by atoms with Crippen LogP contribution in [0.25, 0.3) is 21.6 Å². The van der Waals surface area contributed by atoms with E-state index >= 15 is 0 Å². The lowest BCUT2D eigenvalue weighted by Gasteiger charge is -2.31. The van der Waals surface area contributed by atoms with Gasteiger partial charge in [0.2, 0.25) is 0 Å². The summed E-state index contributed by atoms with van der Waals surface area (Å²) >= 11 is 1.40. The van der Waals surface area contributed by atoms with Crippen LogP contribution in [-0.4, -0.2) is 38.8 Å². The van der Waals surface area contributed by atoms with Gasteiger partial charge in [-0.15, -0.1) is 11.3 Å². The van der Waals surface area contributed by atoms with Gasteiger partial charge in [0, 0.05) is 30.0 Å². The lowest BCUT2D eigenvalue weighted by atomic mass is 9.97. The molecule has 1 aliphatic rings. The molecule has 0 spiro atoms. The molecule has 5 nitrogen and oxygen atoms in total. The van der Waals surface area contributed by atoms with Gasteiger partial charge in [-0.05, 0) is 49.2 Å². The first-order valence-electron chi connectivity index (χ1n) is 9.63. The number of para-hydroxylation sites is 2. The number of benzene rings is 2. The Morgan fingerprint density at radius 1 is 1.14 bits per heavy atom. The highest BCUT2D eigenvalue weighted by molar-refractivity contribution is 7.13. The molecule has 2 aromatic carbocycles. The Hall–Kier alpha value is -3.06. The average molecular weight is 406 g/mol. The first-order chi connectivity index (χ1) is 14.2. The van der Waals surface area contributed by atoms with Crippen molar-refractivity contribution in [3.05, 3.63) is 71.2 Å². The van der Waals surface area contributed by atoms with Crippen molar-refractivity contribution < 1.29 is 9.18 Å². The van der Waals surface area contributed by atoms with E-state index in [1.54, 1.807) is 17.5 Å². The number of carbonyl (C=O) groups is 1. The highest BCUT2D eigenvalue weighted by atomic mass is 32.1. The second-order valence-electron chi connectivity index (χ2n) is 7.27. The molecule has 29 heavy (non-hydrogen) atoms. The van der Waals surface area contributed by atoms with E-state index in [1.807, 2.05) is 29.2 Å². The topological polar surface area (TPSA) is 61.9 Å². The van der Waals surface area contributed by atoms with E-state index < -0.39 is 0 Å². The minimum absolute atomic E-state index is 0.0598. The third-order valence-electron chi connectivity index (χ3n) is 5.32. The molecule has 0 radical (unpaired) electrons. The molecule has 1 fully saturated rings. The first-order valence-corrected chi connectivity index (χ1v) is 10.5. The maximum Gasteiger partial charge on any atom is 0.273 e. The van der Waals surface area contributed by atoms with Crippen molar-refractivity contribution in [2.75, 3.05) is 13.1 Å². The van der Waals surface area contributed by atoms with Crippen LogP contribution in [0, 0.1) is 5.82 Å². The molecule has 1 N–H and O–H groups in total. The number of halogens is 1. The number of likely N-dealkylation sites (tertiary alicyclic amines) is 1. The molecule has 0 aliphatic carbocycles. The van der Waals surface area contributed by atoms with Crippen LogP contribution >= 0.6 is 11.3 Å². The Kier molecular flexibility index (Phi) is 4.60. The Morgan fingerprint density at radius 2 is 1.97 bits per heavy atom. The van der Waals surface area contributed by atoms with Crippen molar-refractivity contribution in [3.8, 4) is 10.6 Å². The van der Waals surface area contributed by atoms with Crippen LogP contribution in [0.1, 0.15) is 35.1 Å². The number of piperidine rings is 1.